The minimum absolute atomic E-state index is 0.358. The molecular formula is C21H24ClN3O. The van der Waals surface area contributed by atoms with E-state index in [2.05, 4.69) is 16.0 Å². The maximum Gasteiger partial charge on any atom is 0.220 e. The van der Waals surface area contributed by atoms with Gasteiger partial charge in [0.05, 0.1) is 17.8 Å². The third kappa shape index (κ3) is 5.33. The number of anilines is 1. The fourth-order valence-electron chi connectivity index (χ4n) is 3.02. The number of aromatic nitrogens is 2. The fourth-order valence-corrected chi connectivity index (χ4v) is 3.20. The second-order valence-electron chi connectivity index (χ2n) is 6.37. The SMILES string of the molecule is Nc1nc(CCCCCCCOc2cccc(Cl)c2)c2ccccc2n1. The highest BCUT2D eigenvalue weighted by atomic mass is 35.5. The Hall–Kier alpha value is -2.33. The number of halogens is 1. The Bertz CT molecular complexity index is 854. The Balaban J connectivity index is 1.35. The van der Waals surface area contributed by atoms with Gasteiger partial charge in [-0.1, -0.05) is 55.1 Å². The number of benzene rings is 2. The van der Waals surface area contributed by atoms with Gasteiger partial charge in [0.1, 0.15) is 5.75 Å². The Morgan fingerprint density at radius 3 is 2.58 bits per heavy atom. The van der Waals surface area contributed by atoms with Crippen LogP contribution in [0.25, 0.3) is 10.9 Å². The number of hydrogen-bond acceptors (Lipinski definition) is 4. The van der Waals surface area contributed by atoms with Crippen LogP contribution >= 0.6 is 11.6 Å². The molecule has 0 aliphatic rings. The molecule has 0 saturated carbocycles. The maximum atomic E-state index is 5.94. The predicted octanol–water partition coefficient (Wildman–Crippen LogP) is 5.44. The second kappa shape index (κ2) is 9.39. The first-order chi connectivity index (χ1) is 12.7. The van der Waals surface area contributed by atoms with Gasteiger partial charge < -0.3 is 10.5 Å². The minimum atomic E-state index is 0.358. The number of nitrogen functional groups attached to an aromatic ring is 1. The molecule has 2 aromatic carbocycles. The number of aryl methyl sites for hydroxylation is 1. The molecule has 0 amide bonds. The van der Waals surface area contributed by atoms with Crippen molar-refractivity contribution in [2.75, 3.05) is 12.3 Å². The summed E-state index contributed by atoms with van der Waals surface area (Å²) in [7, 11) is 0. The highest BCUT2D eigenvalue weighted by Gasteiger charge is 2.05. The van der Waals surface area contributed by atoms with Crippen LogP contribution in [0.3, 0.4) is 0 Å². The number of nitrogens with two attached hydrogens (primary N) is 1. The molecule has 0 aliphatic carbocycles. The van der Waals surface area contributed by atoms with E-state index in [0.29, 0.717) is 11.0 Å². The van der Waals surface area contributed by atoms with Crippen LogP contribution in [0.5, 0.6) is 5.75 Å². The second-order valence-corrected chi connectivity index (χ2v) is 6.81. The van der Waals surface area contributed by atoms with Crippen molar-refractivity contribution in [3.8, 4) is 5.75 Å². The summed E-state index contributed by atoms with van der Waals surface area (Å²) in [6.45, 7) is 0.730. The quantitative estimate of drug-likeness (QED) is 0.510. The van der Waals surface area contributed by atoms with Gasteiger partial charge in [0.2, 0.25) is 5.95 Å². The molecule has 0 aliphatic heterocycles. The zero-order valence-corrected chi connectivity index (χ0v) is 15.6. The first-order valence-corrected chi connectivity index (χ1v) is 9.50. The van der Waals surface area contributed by atoms with Gasteiger partial charge in [-0.05, 0) is 43.5 Å². The van der Waals surface area contributed by atoms with Crippen LogP contribution in [0.4, 0.5) is 5.95 Å². The van der Waals surface area contributed by atoms with Gasteiger partial charge in [-0.15, -0.1) is 0 Å². The summed E-state index contributed by atoms with van der Waals surface area (Å²) in [5, 5.41) is 1.82. The number of hydrogen-bond donors (Lipinski definition) is 1. The lowest BCUT2D eigenvalue weighted by molar-refractivity contribution is 0.304. The highest BCUT2D eigenvalue weighted by Crippen LogP contribution is 2.19. The highest BCUT2D eigenvalue weighted by molar-refractivity contribution is 6.30. The monoisotopic (exact) mass is 369 g/mol. The van der Waals surface area contributed by atoms with Crippen molar-refractivity contribution in [3.63, 3.8) is 0 Å². The molecule has 0 spiro atoms. The maximum absolute atomic E-state index is 5.94. The van der Waals surface area contributed by atoms with Gasteiger partial charge in [0, 0.05) is 10.4 Å². The zero-order chi connectivity index (χ0) is 18.2. The van der Waals surface area contributed by atoms with E-state index in [9.17, 15) is 0 Å². The van der Waals surface area contributed by atoms with E-state index < -0.39 is 0 Å². The largest absolute Gasteiger partial charge is 0.494 e. The Morgan fingerprint density at radius 1 is 0.885 bits per heavy atom. The molecule has 0 fully saturated rings. The lowest BCUT2D eigenvalue weighted by atomic mass is 10.1. The molecule has 1 heterocycles. The summed E-state index contributed by atoms with van der Waals surface area (Å²) in [6.07, 6.45) is 6.62. The molecule has 0 bridgehead atoms. The molecule has 0 unspecified atom stereocenters. The van der Waals surface area contributed by atoms with E-state index in [4.69, 9.17) is 22.1 Å². The van der Waals surface area contributed by atoms with Gasteiger partial charge in [-0.25, -0.2) is 9.97 Å². The summed E-state index contributed by atoms with van der Waals surface area (Å²) < 4.78 is 5.71. The number of unbranched alkanes of at least 4 members (excludes halogenated alkanes) is 4. The van der Waals surface area contributed by atoms with Crippen LogP contribution in [-0.2, 0) is 6.42 Å². The van der Waals surface area contributed by atoms with Crippen LogP contribution in [-0.4, -0.2) is 16.6 Å². The fraction of sp³-hybridized carbons (Fsp3) is 0.333. The number of para-hydroxylation sites is 1. The number of rotatable bonds is 9. The first-order valence-electron chi connectivity index (χ1n) is 9.12. The van der Waals surface area contributed by atoms with E-state index >= 15 is 0 Å². The van der Waals surface area contributed by atoms with Crippen molar-refractivity contribution in [1.82, 2.24) is 9.97 Å². The molecule has 1 aromatic heterocycles. The first kappa shape index (κ1) is 18.5. The van der Waals surface area contributed by atoms with E-state index in [1.165, 1.54) is 12.8 Å². The van der Waals surface area contributed by atoms with Crippen LogP contribution in [0.1, 0.15) is 37.8 Å². The third-order valence-corrected chi connectivity index (χ3v) is 4.56. The molecular weight excluding hydrogens is 346 g/mol. The Labute approximate surface area is 159 Å². The van der Waals surface area contributed by atoms with Crippen molar-refractivity contribution in [3.05, 3.63) is 59.2 Å². The molecule has 0 radical (unpaired) electrons. The van der Waals surface area contributed by atoms with E-state index in [1.807, 2.05) is 42.5 Å². The summed E-state index contributed by atoms with van der Waals surface area (Å²) in [4.78, 5) is 8.71. The average Bonchev–Trinajstić information content (AvgIpc) is 2.63. The van der Waals surface area contributed by atoms with Crippen molar-refractivity contribution in [2.24, 2.45) is 0 Å². The number of fused-ring (bicyclic) bond motifs is 1. The average molecular weight is 370 g/mol. The lowest BCUT2D eigenvalue weighted by Crippen LogP contribution is -2.01. The van der Waals surface area contributed by atoms with Crippen molar-refractivity contribution >= 4 is 28.5 Å². The molecule has 136 valence electrons. The van der Waals surface area contributed by atoms with E-state index in [-0.39, 0.29) is 0 Å². The number of nitrogens with zero attached hydrogens (tertiary/aromatic N) is 2. The van der Waals surface area contributed by atoms with Crippen LogP contribution in [0.15, 0.2) is 48.5 Å². The normalized spacial score (nSPS) is 11.0. The lowest BCUT2D eigenvalue weighted by Gasteiger charge is -2.07. The van der Waals surface area contributed by atoms with Gasteiger partial charge >= 0.3 is 0 Å². The molecule has 5 heteroatoms. The zero-order valence-electron chi connectivity index (χ0n) is 14.8. The summed E-state index contributed by atoms with van der Waals surface area (Å²) in [6, 6.07) is 15.6. The van der Waals surface area contributed by atoms with Gasteiger partial charge in [0.15, 0.2) is 0 Å². The standard InChI is InChI=1S/C21H24ClN3O/c22-16-9-8-10-17(15-16)26-14-7-3-1-2-4-12-19-18-11-5-6-13-20(18)25-21(23)24-19/h5-6,8-11,13,15H,1-4,7,12,14H2,(H2,23,24,25). The smallest absolute Gasteiger partial charge is 0.220 e. The summed E-state index contributed by atoms with van der Waals surface area (Å²) >= 11 is 5.94. The molecule has 0 atom stereocenters. The van der Waals surface area contributed by atoms with Gasteiger partial charge in [-0.2, -0.15) is 0 Å². The molecule has 3 aromatic rings. The van der Waals surface area contributed by atoms with Crippen LogP contribution in [0, 0.1) is 0 Å². The van der Waals surface area contributed by atoms with Crippen molar-refractivity contribution in [2.45, 2.75) is 38.5 Å². The molecule has 26 heavy (non-hydrogen) atoms. The molecule has 0 saturated heterocycles. The number of ether oxygens (including phenoxy) is 1. The Kier molecular flexibility index (Phi) is 6.67. The minimum Gasteiger partial charge on any atom is -0.494 e. The summed E-state index contributed by atoms with van der Waals surface area (Å²) in [5.41, 5.74) is 7.80. The topological polar surface area (TPSA) is 61.0 Å². The molecule has 4 nitrogen and oxygen atoms in total. The van der Waals surface area contributed by atoms with E-state index in [1.54, 1.807) is 0 Å². The van der Waals surface area contributed by atoms with Crippen molar-refractivity contribution in [1.29, 1.82) is 0 Å². The Morgan fingerprint density at radius 2 is 1.69 bits per heavy atom. The summed E-state index contributed by atoms with van der Waals surface area (Å²) in [5.74, 6) is 1.20. The van der Waals surface area contributed by atoms with Crippen molar-refractivity contribution < 1.29 is 4.74 Å². The molecule has 2 N–H and O–H groups in total. The van der Waals surface area contributed by atoms with Gasteiger partial charge in [0.25, 0.3) is 0 Å². The third-order valence-electron chi connectivity index (χ3n) is 4.32. The van der Waals surface area contributed by atoms with Gasteiger partial charge in [-0.3, -0.25) is 0 Å². The predicted molar refractivity (Wildman–Crippen MR) is 108 cm³/mol. The van der Waals surface area contributed by atoms with Crippen LogP contribution in [0.2, 0.25) is 5.02 Å². The molecule has 3 rings (SSSR count). The van der Waals surface area contributed by atoms with Crippen LogP contribution < -0.4 is 10.5 Å². The van der Waals surface area contributed by atoms with E-state index in [0.717, 1.165) is 54.6 Å².